The SMILES string of the molecule is CCn1nc(C)cc1C(=O)Nc1nc2cc(C(N)=O)cnc2n1C/C=C/CNc1c(OCCCO[Si](C)(C)C(C)(C)C)cc(C(N)=O)cc1[N+](=O)[O-]. The number of aryl methyl sites for hydroxylation is 2. The first kappa shape index (κ1) is 39.2. The van der Waals surface area contributed by atoms with Crippen LogP contribution in [-0.2, 0) is 17.5 Å². The maximum atomic E-state index is 13.3. The summed E-state index contributed by atoms with van der Waals surface area (Å²) in [6, 6.07) is 5.63. The van der Waals surface area contributed by atoms with Gasteiger partial charge in [0.25, 0.3) is 11.6 Å². The van der Waals surface area contributed by atoms with Gasteiger partial charge >= 0.3 is 0 Å². The highest BCUT2D eigenvalue weighted by Crippen LogP contribution is 2.38. The lowest BCUT2D eigenvalue weighted by atomic mass is 10.1. The number of carbonyl (C=O) groups is 3. The molecule has 0 saturated heterocycles. The molecule has 0 saturated carbocycles. The van der Waals surface area contributed by atoms with Gasteiger partial charge in [-0.3, -0.25) is 39.1 Å². The van der Waals surface area contributed by atoms with Crippen molar-refractivity contribution >= 4 is 54.5 Å². The number of nitro groups is 1. The molecule has 0 aliphatic heterocycles. The number of ether oxygens (including phenoxy) is 1. The fourth-order valence-electron chi connectivity index (χ4n) is 4.94. The van der Waals surface area contributed by atoms with Gasteiger partial charge in [-0.05, 0) is 50.2 Å². The zero-order chi connectivity index (χ0) is 38.4. The molecule has 0 spiro atoms. The lowest BCUT2D eigenvalue weighted by molar-refractivity contribution is -0.384. The van der Waals surface area contributed by atoms with Gasteiger partial charge in [0.15, 0.2) is 19.7 Å². The van der Waals surface area contributed by atoms with E-state index in [0.717, 1.165) is 6.07 Å². The molecule has 3 heterocycles. The number of nitrogens with two attached hydrogens (primary N) is 2. The molecule has 0 aliphatic rings. The molecule has 0 unspecified atom stereocenters. The van der Waals surface area contributed by atoms with E-state index in [2.05, 4.69) is 59.6 Å². The predicted molar refractivity (Wildman–Crippen MR) is 199 cm³/mol. The summed E-state index contributed by atoms with van der Waals surface area (Å²) >= 11 is 0. The molecule has 6 N–H and O–H groups in total. The van der Waals surface area contributed by atoms with Crippen LogP contribution in [0.1, 0.15) is 71.0 Å². The van der Waals surface area contributed by atoms with E-state index in [1.165, 1.54) is 18.3 Å². The van der Waals surface area contributed by atoms with Gasteiger partial charge in [0.1, 0.15) is 17.0 Å². The first-order valence-electron chi connectivity index (χ1n) is 16.7. The number of hydrogen-bond acceptors (Lipinski definition) is 11. The Morgan fingerprint density at radius 1 is 1.06 bits per heavy atom. The Labute approximate surface area is 302 Å². The number of benzene rings is 1. The molecule has 0 aliphatic carbocycles. The van der Waals surface area contributed by atoms with E-state index in [0.29, 0.717) is 42.1 Å². The Kier molecular flexibility index (Phi) is 12.2. The third-order valence-corrected chi connectivity index (χ3v) is 13.3. The summed E-state index contributed by atoms with van der Waals surface area (Å²) in [5.41, 5.74) is 12.4. The van der Waals surface area contributed by atoms with Crippen LogP contribution in [0, 0.1) is 17.0 Å². The maximum absolute atomic E-state index is 13.3. The molecule has 17 nitrogen and oxygen atoms in total. The lowest BCUT2D eigenvalue weighted by Crippen LogP contribution is -2.41. The number of fused-ring (bicyclic) bond motifs is 1. The van der Waals surface area contributed by atoms with Crippen LogP contribution in [0.15, 0.2) is 42.6 Å². The summed E-state index contributed by atoms with van der Waals surface area (Å²) in [4.78, 5) is 57.4. The molecular formula is C34H46N10O7Si. The zero-order valence-corrected chi connectivity index (χ0v) is 31.5. The summed E-state index contributed by atoms with van der Waals surface area (Å²) in [5.74, 6) is -1.68. The number of aromatic nitrogens is 5. The highest BCUT2D eigenvalue weighted by molar-refractivity contribution is 6.74. The Morgan fingerprint density at radius 3 is 2.40 bits per heavy atom. The molecule has 3 amide bonds. The summed E-state index contributed by atoms with van der Waals surface area (Å²) in [6.45, 7) is 15.8. The van der Waals surface area contributed by atoms with Gasteiger partial charge in [-0.15, -0.1) is 0 Å². The number of hydrogen-bond donors (Lipinski definition) is 4. The van der Waals surface area contributed by atoms with Gasteiger partial charge in [-0.2, -0.15) is 5.10 Å². The molecule has 4 aromatic rings. The smallest absolute Gasteiger partial charge is 0.296 e. The summed E-state index contributed by atoms with van der Waals surface area (Å²) in [7, 11) is -1.97. The first-order chi connectivity index (χ1) is 24.4. The Bertz CT molecular complexity index is 2010. The molecule has 18 heteroatoms. The Hall–Kier alpha value is -5.62. The number of rotatable bonds is 17. The number of carbonyl (C=O) groups excluding carboxylic acids is 3. The average Bonchev–Trinajstić information content (AvgIpc) is 3.62. The zero-order valence-electron chi connectivity index (χ0n) is 30.5. The molecule has 52 heavy (non-hydrogen) atoms. The minimum Gasteiger partial charge on any atom is -0.491 e. The summed E-state index contributed by atoms with van der Waals surface area (Å²) in [6.07, 6.45) is 5.31. The van der Waals surface area contributed by atoms with E-state index in [4.69, 9.17) is 20.6 Å². The van der Waals surface area contributed by atoms with Crippen molar-refractivity contribution in [2.24, 2.45) is 11.5 Å². The molecule has 1 aromatic carbocycles. The number of primary amides is 2. The predicted octanol–water partition coefficient (Wildman–Crippen LogP) is 4.77. The Morgan fingerprint density at radius 2 is 1.77 bits per heavy atom. The van der Waals surface area contributed by atoms with Crippen molar-refractivity contribution in [2.75, 3.05) is 30.4 Å². The van der Waals surface area contributed by atoms with Crippen LogP contribution in [0.4, 0.5) is 17.3 Å². The van der Waals surface area contributed by atoms with E-state index >= 15 is 0 Å². The van der Waals surface area contributed by atoms with Gasteiger partial charge in [-0.1, -0.05) is 32.9 Å². The van der Waals surface area contributed by atoms with E-state index in [9.17, 15) is 24.5 Å². The second kappa shape index (κ2) is 16.2. The third-order valence-electron chi connectivity index (χ3n) is 8.76. The minimum absolute atomic E-state index is 0.0405. The number of nitrogens with zero attached hydrogens (tertiary/aromatic N) is 6. The maximum Gasteiger partial charge on any atom is 0.296 e. The quantitative estimate of drug-likeness (QED) is 0.0379. The monoisotopic (exact) mass is 734 g/mol. The lowest BCUT2D eigenvalue weighted by Gasteiger charge is -2.36. The summed E-state index contributed by atoms with van der Waals surface area (Å²) < 4.78 is 15.4. The fraction of sp³-hybridized carbons (Fsp3) is 0.412. The highest BCUT2D eigenvalue weighted by Gasteiger charge is 2.36. The number of nitrogens with one attached hydrogen (secondary N) is 2. The van der Waals surface area contributed by atoms with Crippen molar-refractivity contribution in [3.05, 3.63) is 75.2 Å². The van der Waals surface area contributed by atoms with Crippen LogP contribution in [0.5, 0.6) is 5.75 Å². The highest BCUT2D eigenvalue weighted by atomic mass is 28.4. The molecule has 0 bridgehead atoms. The average molecular weight is 735 g/mol. The van der Waals surface area contributed by atoms with Gasteiger partial charge in [0.05, 0.1) is 22.8 Å². The van der Waals surface area contributed by atoms with Crippen molar-refractivity contribution in [3.8, 4) is 5.75 Å². The van der Waals surface area contributed by atoms with Crippen molar-refractivity contribution < 1.29 is 28.5 Å². The van der Waals surface area contributed by atoms with Crippen LogP contribution in [0.25, 0.3) is 11.2 Å². The topological polar surface area (TPSA) is 237 Å². The number of allylic oxidation sites excluding steroid dienone is 1. The standard InChI is InChI=1S/C34H46N10O7Si/c1-8-43-26(16-21(2)41-43)32(47)40-33-39-24-17-23(30(36)46)20-38-31(24)42(33)13-10-9-12-37-28-25(44(48)49)18-22(29(35)45)19-27(28)50-14-11-15-51-52(6,7)34(3,4)5/h9-10,16-20,37H,8,11-15H2,1-7H3,(H2,35,45)(H2,36,46)(H,39,40,47)/b10-9+. The Balaban J connectivity index is 1.54. The van der Waals surface area contributed by atoms with E-state index in [-0.39, 0.29) is 58.9 Å². The normalized spacial score (nSPS) is 12.0. The van der Waals surface area contributed by atoms with Crippen molar-refractivity contribution in [1.82, 2.24) is 24.3 Å². The van der Waals surface area contributed by atoms with Crippen LogP contribution >= 0.6 is 0 Å². The first-order valence-corrected chi connectivity index (χ1v) is 19.6. The number of nitro benzene ring substituents is 1. The minimum atomic E-state index is -1.97. The fourth-order valence-corrected chi connectivity index (χ4v) is 6.02. The number of imidazole rings is 1. The molecule has 0 radical (unpaired) electrons. The van der Waals surface area contributed by atoms with E-state index < -0.39 is 31.0 Å². The molecule has 0 fully saturated rings. The van der Waals surface area contributed by atoms with Crippen LogP contribution in [0.2, 0.25) is 18.1 Å². The summed E-state index contributed by atoms with van der Waals surface area (Å²) in [5, 5.41) is 22.3. The number of anilines is 2. The van der Waals surface area contributed by atoms with E-state index in [1.807, 2.05) is 6.92 Å². The molecule has 0 atom stereocenters. The van der Waals surface area contributed by atoms with Gasteiger partial charge in [0, 0.05) is 50.5 Å². The van der Waals surface area contributed by atoms with Gasteiger partial charge in [-0.25, -0.2) is 9.97 Å². The number of pyridine rings is 1. The van der Waals surface area contributed by atoms with Crippen LogP contribution < -0.4 is 26.8 Å². The van der Waals surface area contributed by atoms with Crippen molar-refractivity contribution in [2.45, 2.75) is 72.3 Å². The molecule has 3 aromatic heterocycles. The van der Waals surface area contributed by atoms with Gasteiger partial charge < -0.3 is 25.9 Å². The molecule has 278 valence electrons. The largest absolute Gasteiger partial charge is 0.491 e. The van der Waals surface area contributed by atoms with Crippen LogP contribution in [0.3, 0.4) is 0 Å². The molecule has 4 rings (SSSR count). The van der Waals surface area contributed by atoms with Crippen molar-refractivity contribution in [1.29, 1.82) is 0 Å². The van der Waals surface area contributed by atoms with Crippen molar-refractivity contribution in [3.63, 3.8) is 0 Å². The van der Waals surface area contributed by atoms with Gasteiger partial charge in [0.2, 0.25) is 17.8 Å². The van der Waals surface area contributed by atoms with Crippen LogP contribution in [-0.4, -0.2) is 75.0 Å². The molecular weight excluding hydrogens is 689 g/mol. The second-order valence-corrected chi connectivity index (χ2v) is 18.4. The third kappa shape index (κ3) is 9.18. The second-order valence-electron chi connectivity index (χ2n) is 13.6. The number of amides is 3. The van der Waals surface area contributed by atoms with E-state index in [1.54, 1.807) is 34.4 Å².